The minimum Gasteiger partial charge on any atom is -0.507 e. The maximum atomic E-state index is 13.3. The Kier molecular flexibility index (Phi) is 3.22. The molecule has 0 spiro atoms. The zero-order valence-corrected chi connectivity index (χ0v) is 12.4. The van der Waals surface area contributed by atoms with Crippen molar-refractivity contribution in [1.82, 2.24) is 9.55 Å². The van der Waals surface area contributed by atoms with Crippen LogP contribution in [0.3, 0.4) is 0 Å². The van der Waals surface area contributed by atoms with E-state index in [9.17, 15) is 9.50 Å². The quantitative estimate of drug-likeness (QED) is 0.757. The molecule has 3 nitrogen and oxygen atoms in total. The van der Waals surface area contributed by atoms with Crippen LogP contribution in [0.25, 0.3) is 22.4 Å². The Balaban J connectivity index is 2.32. The van der Waals surface area contributed by atoms with Crippen molar-refractivity contribution in [2.75, 3.05) is 0 Å². The highest BCUT2D eigenvalue weighted by Crippen LogP contribution is 2.33. The first kappa shape index (κ1) is 13.1. The van der Waals surface area contributed by atoms with Gasteiger partial charge in [0.15, 0.2) is 0 Å². The molecule has 0 saturated heterocycles. The van der Waals surface area contributed by atoms with Crippen molar-refractivity contribution >= 4 is 27.0 Å². The smallest absolute Gasteiger partial charge is 0.144 e. The second kappa shape index (κ2) is 4.90. The number of phenolic OH excluding ortho intramolecular Hbond substituents is 1. The molecule has 3 rings (SSSR count). The third kappa shape index (κ3) is 2.08. The number of aryl methyl sites for hydroxylation is 1. The van der Waals surface area contributed by atoms with Gasteiger partial charge in [-0.1, -0.05) is 15.9 Å². The normalized spacial score (nSPS) is 11.2. The summed E-state index contributed by atoms with van der Waals surface area (Å²) in [5, 5.41) is 10.0. The van der Waals surface area contributed by atoms with E-state index in [0.29, 0.717) is 23.4 Å². The molecule has 0 unspecified atom stereocenters. The van der Waals surface area contributed by atoms with Crippen molar-refractivity contribution in [2.24, 2.45) is 0 Å². The molecule has 0 aliphatic rings. The topological polar surface area (TPSA) is 38.0 Å². The van der Waals surface area contributed by atoms with E-state index in [0.717, 1.165) is 9.99 Å². The van der Waals surface area contributed by atoms with Crippen LogP contribution >= 0.6 is 15.9 Å². The number of rotatable bonds is 2. The SMILES string of the molecule is CCn1c(-c2cc(Br)ccc2O)nc2cc(F)ccc21. The third-order valence-electron chi connectivity index (χ3n) is 3.23. The van der Waals surface area contributed by atoms with E-state index in [-0.39, 0.29) is 11.6 Å². The summed E-state index contributed by atoms with van der Waals surface area (Å²) in [6.07, 6.45) is 0. The molecule has 3 aromatic rings. The van der Waals surface area contributed by atoms with Crippen LogP contribution in [0.5, 0.6) is 5.75 Å². The van der Waals surface area contributed by atoms with Crippen LogP contribution in [0.4, 0.5) is 4.39 Å². The average molecular weight is 335 g/mol. The molecular weight excluding hydrogens is 323 g/mol. The largest absolute Gasteiger partial charge is 0.507 e. The summed E-state index contributed by atoms with van der Waals surface area (Å²) in [6.45, 7) is 2.67. The molecule has 5 heteroatoms. The van der Waals surface area contributed by atoms with Crippen molar-refractivity contribution in [3.63, 3.8) is 0 Å². The zero-order chi connectivity index (χ0) is 14.3. The van der Waals surface area contributed by atoms with Gasteiger partial charge < -0.3 is 9.67 Å². The molecule has 0 fully saturated rings. The van der Waals surface area contributed by atoms with Gasteiger partial charge in [0.05, 0.1) is 16.6 Å². The van der Waals surface area contributed by atoms with Gasteiger partial charge >= 0.3 is 0 Å². The Hall–Kier alpha value is -1.88. The molecule has 20 heavy (non-hydrogen) atoms. The third-order valence-corrected chi connectivity index (χ3v) is 3.72. The molecule has 2 aromatic carbocycles. The average Bonchev–Trinajstić information content (AvgIpc) is 2.78. The first-order valence-electron chi connectivity index (χ1n) is 6.25. The maximum Gasteiger partial charge on any atom is 0.144 e. The summed E-state index contributed by atoms with van der Waals surface area (Å²) < 4.78 is 16.1. The molecule has 0 amide bonds. The van der Waals surface area contributed by atoms with Gasteiger partial charge in [0.2, 0.25) is 0 Å². The minimum atomic E-state index is -0.316. The number of hydrogen-bond acceptors (Lipinski definition) is 2. The summed E-state index contributed by atoms with van der Waals surface area (Å²) >= 11 is 3.39. The van der Waals surface area contributed by atoms with Gasteiger partial charge in [0, 0.05) is 17.1 Å². The number of aromatic hydroxyl groups is 1. The van der Waals surface area contributed by atoms with Crippen molar-refractivity contribution < 1.29 is 9.50 Å². The van der Waals surface area contributed by atoms with Crippen LogP contribution in [0.1, 0.15) is 6.92 Å². The lowest BCUT2D eigenvalue weighted by molar-refractivity contribution is 0.476. The van der Waals surface area contributed by atoms with Crippen molar-refractivity contribution in [3.8, 4) is 17.1 Å². The fraction of sp³-hybridized carbons (Fsp3) is 0.133. The lowest BCUT2D eigenvalue weighted by Gasteiger charge is -2.08. The summed E-state index contributed by atoms with van der Waals surface area (Å²) in [7, 11) is 0. The number of hydrogen-bond donors (Lipinski definition) is 1. The van der Waals surface area contributed by atoms with Crippen LogP contribution in [-0.4, -0.2) is 14.7 Å². The first-order valence-corrected chi connectivity index (χ1v) is 7.04. The van der Waals surface area contributed by atoms with E-state index in [1.807, 2.05) is 11.5 Å². The van der Waals surface area contributed by atoms with E-state index < -0.39 is 0 Å². The molecule has 1 heterocycles. The summed E-state index contributed by atoms with van der Waals surface area (Å²) in [4.78, 5) is 4.46. The Bertz CT molecular complexity index is 798. The van der Waals surface area contributed by atoms with Gasteiger partial charge in [-0.3, -0.25) is 0 Å². The van der Waals surface area contributed by atoms with E-state index in [1.54, 1.807) is 24.3 Å². The first-order chi connectivity index (χ1) is 9.60. The highest BCUT2D eigenvalue weighted by molar-refractivity contribution is 9.10. The molecule has 0 saturated carbocycles. The molecular formula is C15H12BrFN2O. The van der Waals surface area contributed by atoms with Crippen molar-refractivity contribution in [1.29, 1.82) is 0 Å². The number of benzene rings is 2. The van der Waals surface area contributed by atoms with Gasteiger partial charge in [-0.25, -0.2) is 9.37 Å². The van der Waals surface area contributed by atoms with Gasteiger partial charge in [0.25, 0.3) is 0 Å². The fourth-order valence-electron chi connectivity index (χ4n) is 2.32. The minimum absolute atomic E-state index is 0.152. The predicted molar refractivity (Wildman–Crippen MR) is 80.2 cm³/mol. The zero-order valence-electron chi connectivity index (χ0n) is 10.8. The van der Waals surface area contributed by atoms with Crippen LogP contribution < -0.4 is 0 Å². The number of halogens is 2. The van der Waals surface area contributed by atoms with Crippen LogP contribution in [0.15, 0.2) is 40.9 Å². The summed E-state index contributed by atoms with van der Waals surface area (Å²) in [5.41, 5.74) is 2.06. The second-order valence-electron chi connectivity index (χ2n) is 4.47. The Morgan fingerprint density at radius 2 is 2.05 bits per heavy atom. The predicted octanol–water partition coefficient (Wildman–Crippen LogP) is 4.33. The number of imidazole rings is 1. The summed E-state index contributed by atoms with van der Waals surface area (Å²) in [5.74, 6) is 0.467. The van der Waals surface area contributed by atoms with E-state index in [2.05, 4.69) is 20.9 Å². The van der Waals surface area contributed by atoms with Crippen LogP contribution in [0.2, 0.25) is 0 Å². The molecule has 0 atom stereocenters. The Labute approximate surface area is 123 Å². The molecule has 0 aliphatic carbocycles. The van der Waals surface area contributed by atoms with Crippen LogP contribution in [0, 0.1) is 5.82 Å². The van der Waals surface area contributed by atoms with Gasteiger partial charge in [-0.15, -0.1) is 0 Å². The van der Waals surface area contributed by atoms with Gasteiger partial charge in [0.1, 0.15) is 17.4 Å². The van der Waals surface area contributed by atoms with Gasteiger partial charge in [-0.2, -0.15) is 0 Å². The fourth-order valence-corrected chi connectivity index (χ4v) is 2.68. The van der Waals surface area contributed by atoms with E-state index in [4.69, 9.17) is 0 Å². The standard InChI is InChI=1S/C15H12BrFN2O/c1-2-19-13-5-4-10(17)8-12(13)18-15(19)11-7-9(16)3-6-14(11)20/h3-8,20H,2H2,1H3. The molecule has 1 aromatic heterocycles. The second-order valence-corrected chi connectivity index (χ2v) is 5.39. The molecule has 0 radical (unpaired) electrons. The van der Waals surface area contributed by atoms with Crippen molar-refractivity contribution in [3.05, 3.63) is 46.7 Å². The van der Waals surface area contributed by atoms with E-state index >= 15 is 0 Å². The highest BCUT2D eigenvalue weighted by Gasteiger charge is 2.15. The lowest BCUT2D eigenvalue weighted by atomic mass is 10.2. The number of aromatic nitrogens is 2. The molecule has 0 bridgehead atoms. The van der Waals surface area contributed by atoms with Gasteiger partial charge in [-0.05, 0) is 37.3 Å². The monoisotopic (exact) mass is 334 g/mol. The van der Waals surface area contributed by atoms with E-state index in [1.165, 1.54) is 12.1 Å². The molecule has 0 aliphatic heterocycles. The lowest BCUT2D eigenvalue weighted by Crippen LogP contribution is -1.97. The Morgan fingerprint density at radius 1 is 1.25 bits per heavy atom. The number of nitrogens with zero attached hydrogens (tertiary/aromatic N) is 2. The molecule has 1 N–H and O–H groups in total. The van der Waals surface area contributed by atoms with Crippen LogP contribution in [-0.2, 0) is 6.54 Å². The highest BCUT2D eigenvalue weighted by atomic mass is 79.9. The molecule has 102 valence electrons. The number of phenols is 1. The Morgan fingerprint density at radius 3 is 2.80 bits per heavy atom. The summed E-state index contributed by atoms with van der Waals surface area (Å²) in [6, 6.07) is 9.70. The van der Waals surface area contributed by atoms with Crippen molar-refractivity contribution in [2.45, 2.75) is 13.5 Å². The maximum absolute atomic E-state index is 13.3. The number of fused-ring (bicyclic) bond motifs is 1.